The Morgan fingerprint density at radius 3 is 2.58 bits per heavy atom. The molecule has 98 valence electrons. The Hall–Kier alpha value is -2.47. The third kappa shape index (κ3) is 2.69. The summed E-state index contributed by atoms with van der Waals surface area (Å²) in [6.07, 6.45) is 0. The van der Waals surface area contributed by atoms with Crippen LogP contribution in [0.15, 0.2) is 47.3 Å². The minimum atomic E-state index is -0.876. The number of hydrogen-bond acceptors (Lipinski definition) is 4. The first kappa shape index (κ1) is 13.0. The summed E-state index contributed by atoms with van der Waals surface area (Å²) in [4.78, 5) is 23.8. The zero-order valence-corrected chi connectivity index (χ0v) is 10.4. The number of hydrogen-bond donors (Lipinski definition) is 2. The van der Waals surface area contributed by atoms with Crippen molar-refractivity contribution in [2.24, 2.45) is 5.84 Å². The smallest absolute Gasteiger partial charge is 0.267 e. The fourth-order valence-electron chi connectivity index (χ4n) is 1.82. The molecule has 0 aliphatic rings. The maximum Gasteiger partial charge on any atom is 0.267 e. The van der Waals surface area contributed by atoms with Crippen molar-refractivity contribution in [1.29, 1.82) is 0 Å². The Kier molecular flexibility index (Phi) is 3.72. The van der Waals surface area contributed by atoms with Crippen molar-refractivity contribution < 1.29 is 4.79 Å². The summed E-state index contributed by atoms with van der Waals surface area (Å²) in [5.41, 5.74) is 3.00. The molecule has 2 rings (SSSR count). The Balaban J connectivity index is 2.59. The largest absolute Gasteiger partial charge is 0.292 e. The molecule has 0 saturated carbocycles. The summed E-state index contributed by atoms with van der Waals surface area (Å²) in [6, 6.07) is 11.0. The third-order valence-electron chi connectivity index (χ3n) is 2.71. The average Bonchev–Trinajstić information content (AvgIpc) is 2.44. The van der Waals surface area contributed by atoms with Crippen molar-refractivity contribution in [2.75, 3.05) is 0 Å². The van der Waals surface area contributed by atoms with E-state index < -0.39 is 11.9 Å². The molecule has 0 spiro atoms. The number of nitrogens with zero attached hydrogens (tertiary/aromatic N) is 2. The summed E-state index contributed by atoms with van der Waals surface area (Å²) in [5.74, 6) is 4.70. The third-order valence-corrected chi connectivity index (χ3v) is 2.71. The van der Waals surface area contributed by atoms with Gasteiger partial charge >= 0.3 is 0 Å². The van der Waals surface area contributed by atoms with Gasteiger partial charge in [-0.25, -0.2) is 10.5 Å². The molecule has 3 N–H and O–H groups in total. The van der Waals surface area contributed by atoms with E-state index in [-0.39, 0.29) is 5.56 Å². The van der Waals surface area contributed by atoms with Crippen LogP contribution in [0.25, 0.3) is 0 Å². The maximum atomic E-state index is 11.9. The molecule has 1 aromatic heterocycles. The van der Waals surface area contributed by atoms with Crippen LogP contribution in [0.5, 0.6) is 0 Å². The van der Waals surface area contributed by atoms with E-state index in [1.807, 2.05) is 6.07 Å². The minimum absolute atomic E-state index is 0.358. The molecule has 1 amide bonds. The van der Waals surface area contributed by atoms with E-state index in [0.717, 1.165) is 4.68 Å². The van der Waals surface area contributed by atoms with E-state index in [1.54, 1.807) is 37.3 Å². The number of carbonyl (C=O) groups is 1. The highest BCUT2D eigenvalue weighted by Gasteiger charge is 2.23. The van der Waals surface area contributed by atoms with Crippen LogP contribution in [0.1, 0.15) is 17.3 Å². The number of carbonyl (C=O) groups excluding carboxylic acids is 1. The lowest BCUT2D eigenvalue weighted by atomic mass is 10.1. The number of aryl methyl sites for hydroxylation is 1. The van der Waals surface area contributed by atoms with E-state index in [1.165, 1.54) is 6.07 Å². The number of aromatic nitrogens is 2. The van der Waals surface area contributed by atoms with Gasteiger partial charge in [0.2, 0.25) is 0 Å². The number of rotatable bonds is 3. The van der Waals surface area contributed by atoms with Gasteiger partial charge in [-0.15, -0.1) is 0 Å². The summed E-state index contributed by atoms with van der Waals surface area (Å²) in [7, 11) is 0. The molecule has 6 nitrogen and oxygen atoms in total. The minimum Gasteiger partial charge on any atom is -0.292 e. The van der Waals surface area contributed by atoms with E-state index >= 15 is 0 Å². The molecule has 0 fully saturated rings. The Morgan fingerprint density at radius 2 is 1.95 bits per heavy atom. The number of nitrogens with one attached hydrogen (secondary N) is 1. The molecule has 0 saturated heterocycles. The van der Waals surface area contributed by atoms with Crippen molar-refractivity contribution in [2.45, 2.75) is 13.0 Å². The average molecular weight is 258 g/mol. The lowest BCUT2D eigenvalue weighted by molar-refractivity contribution is -0.123. The van der Waals surface area contributed by atoms with Gasteiger partial charge in [-0.05, 0) is 18.6 Å². The molecule has 1 aromatic carbocycles. The fraction of sp³-hybridized carbons (Fsp3) is 0.154. The Labute approximate surface area is 109 Å². The first-order chi connectivity index (χ1) is 9.13. The van der Waals surface area contributed by atoms with Crippen LogP contribution in [0.4, 0.5) is 0 Å². The monoisotopic (exact) mass is 258 g/mol. The molecule has 19 heavy (non-hydrogen) atoms. The molecule has 1 heterocycles. The predicted octanol–water partition coefficient (Wildman–Crippen LogP) is 0.131. The number of nitrogens with two attached hydrogens (primary N) is 1. The Morgan fingerprint density at radius 1 is 1.26 bits per heavy atom. The van der Waals surface area contributed by atoms with Gasteiger partial charge in [0, 0.05) is 6.07 Å². The van der Waals surface area contributed by atoms with Gasteiger partial charge in [0.1, 0.15) is 0 Å². The molecule has 0 aliphatic heterocycles. The summed E-state index contributed by atoms with van der Waals surface area (Å²) in [6.45, 7) is 1.75. The second-order valence-electron chi connectivity index (χ2n) is 4.08. The van der Waals surface area contributed by atoms with Crippen molar-refractivity contribution in [1.82, 2.24) is 15.2 Å². The summed E-state index contributed by atoms with van der Waals surface area (Å²) < 4.78 is 1.13. The van der Waals surface area contributed by atoms with Gasteiger partial charge in [0.05, 0.1) is 5.69 Å². The molecular weight excluding hydrogens is 244 g/mol. The van der Waals surface area contributed by atoms with Gasteiger partial charge in [-0.1, -0.05) is 30.3 Å². The molecule has 2 aromatic rings. The Bertz CT molecular complexity index is 637. The van der Waals surface area contributed by atoms with E-state index in [9.17, 15) is 9.59 Å². The number of benzene rings is 1. The van der Waals surface area contributed by atoms with E-state index in [0.29, 0.717) is 11.3 Å². The van der Waals surface area contributed by atoms with Gasteiger partial charge in [-0.3, -0.25) is 15.0 Å². The number of amides is 1. The van der Waals surface area contributed by atoms with Crippen molar-refractivity contribution in [3.05, 3.63) is 64.1 Å². The molecule has 0 radical (unpaired) electrons. The maximum absolute atomic E-state index is 11.9. The zero-order chi connectivity index (χ0) is 13.8. The van der Waals surface area contributed by atoms with Gasteiger partial charge in [0.15, 0.2) is 6.04 Å². The first-order valence-corrected chi connectivity index (χ1v) is 5.75. The molecule has 1 atom stereocenters. The standard InChI is InChI=1S/C13H14N4O2/c1-9-7-8-11(18)17(16-9)12(13(19)15-14)10-5-3-2-4-6-10/h2-8,12H,14H2,1H3,(H,15,19)/t12-/m0/s1. The quantitative estimate of drug-likeness (QED) is 0.465. The topological polar surface area (TPSA) is 90.0 Å². The molecule has 0 bridgehead atoms. The second-order valence-corrected chi connectivity index (χ2v) is 4.08. The van der Waals surface area contributed by atoms with E-state index in [2.05, 4.69) is 10.5 Å². The first-order valence-electron chi connectivity index (χ1n) is 5.75. The van der Waals surface area contributed by atoms with Crippen LogP contribution >= 0.6 is 0 Å². The predicted molar refractivity (Wildman–Crippen MR) is 70.1 cm³/mol. The van der Waals surface area contributed by atoms with Crippen LogP contribution in [0.2, 0.25) is 0 Å². The molecule has 0 unspecified atom stereocenters. The molecule has 0 aliphatic carbocycles. The highest BCUT2D eigenvalue weighted by atomic mass is 16.2. The fourth-order valence-corrected chi connectivity index (χ4v) is 1.82. The van der Waals surface area contributed by atoms with Crippen molar-refractivity contribution >= 4 is 5.91 Å². The summed E-state index contributed by atoms with van der Waals surface area (Å²) in [5, 5.41) is 4.11. The second kappa shape index (κ2) is 5.45. The highest BCUT2D eigenvalue weighted by molar-refractivity contribution is 5.82. The molecular formula is C13H14N4O2. The normalized spacial score (nSPS) is 11.9. The van der Waals surface area contributed by atoms with Gasteiger partial charge < -0.3 is 0 Å². The summed E-state index contributed by atoms with van der Waals surface area (Å²) >= 11 is 0. The number of hydrazine groups is 1. The van der Waals surface area contributed by atoms with Gasteiger partial charge in [0.25, 0.3) is 11.5 Å². The van der Waals surface area contributed by atoms with Crippen LogP contribution in [0.3, 0.4) is 0 Å². The van der Waals surface area contributed by atoms with Crippen LogP contribution in [0, 0.1) is 6.92 Å². The highest BCUT2D eigenvalue weighted by Crippen LogP contribution is 2.15. The lowest BCUT2D eigenvalue weighted by Crippen LogP contribution is -2.42. The van der Waals surface area contributed by atoms with Crippen LogP contribution < -0.4 is 16.8 Å². The molecule has 6 heteroatoms. The van der Waals surface area contributed by atoms with Gasteiger partial charge in [-0.2, -0.15) is 5.10 Å². The van der Waals surface area contributed by atoms with Crippen molar-refractivity contribution in [3.63, 3.8) is 0 Å². The van der Waals surface area contributed by atoms with Crippen LogP contribution in [-0.4, -0.2) is 15.7 Å². The van der Waals surface area contributed by atoms with Crippen LogP contribution in [-0.2, 0) is 4.79 Å². The zero-order valence-electron chi connectivity index (χ0n) is 10.4. The van der Waals surface area contributed by atoms with E-state index in [4.69, 9.17) is 5.84 Å². The SMILES string of the molecule is Cc1ccc(=O)n([C@H](C(=O)NN)c2ccccc2)n1. The van der Waals surface area contributed by atoms with Crippen molar-refractivity contribution in [3.8, 4) is 0 Å². The lowest BCUT2D eigenvalue weighted by Gasteiger charge is -2.17.